The molecule has 0 radical (unpaired) electrons. The Hall–Kier alpha value is -1.11. The molecule has 1 atom stereocenters. The van der Waals surface area contributed by atoms with Gasteiger partial charge in [0.15, 0.2) is 0 Å². The van der Waals surface area contributed by atoms with Crippen molar-refractivity contribution in [3.63, 3.8) is 0 Å². The van der Waals surface area contributed by atoms with Crippen LogP contribution in [0.3, 0.4) is 0 Å². The molecule has 0 amide bonds. The molecule has 1 saturated heterocycles. The third-order valence-electron chi connectivity index (χ3n) is 3.63. The van der Waals surface area contributed by atoms with Gasteiger partial charge in [-0.15, -0.1) is 0 Å². The lowest BCUT2D eigenvalue weighted by atomic mass is 10.2. The monoisotopic (exact) mass is 282 g/mol. The Labute approximate surface area is 113 Å². The summed E-state index contributed by atoms with van der Waals surface area (Å²) in [6, 6.07) is 5.26. The van der Waals surface area contributed by atoms with Gasteiger partial charge in [-0.2, -0.15) is 0 Å². The van der Waals surface area contributed by atoms with Crippen LogP contribution in [0, 0.1) is 0 Å². The van der Waals surface area contributed by atoms with Crippen LogP contribution in [0.1, 0.15) is 18.4 Å². The fourth-order valence-electron chi connectivity index (χ4n) is 2.53. The predicted molar refractivity (Wildman–Crippen MR) is 72.8 cm³/mol. The Morgan fingerprint density at radius 2 is 2.32 bits per heavy atom. The van der Waals surface area contributed by atoms with Crippen molar-refractivity contribution in [3.05, 3.63) is 23.8 Å². The van der Waals surface area contributed by atoms with Crippen molar-refractivity contribution in [1.29, 1.82) is 0 Å². The van der Waals surface area contributed by atoms with E-state index in [0.29, 0.717) is 11.4 Å². The third-order valence-corrected chi connectivity index (χ3v) is 5.05. The molecule has 1 unspecified atom stereocenters. The number of hydrogen-bond acceptors (Lipinski definition) is 4. The van der Waals surface area contributed by atoms with Gasteiger partial charge in [0.25, 0.3) is 0 Å². The molecular formula is C13H18N2O3S. The zero-order valence-corrected chi connectivity index (χ0v) is 11.5. The first-order chi connectivity index (χ1) is 9.15. The molecule has 104 valence electrons. The second-order valence-electron chi connectivity index (χ2n) is 4.98. The summed E-state index contributed by atoms with van der Waals surface area (Å²) in [5, 5.41) is 3.19. The number of nitrogens with one attached hydrogen (secondary N) is 2. The first-order valence-electron chi connectivity index (χ1n) is 6.63. The van der Waals surface area contributed by atoms with Crippen molar-refractivity contribution in [1.82, 2.24) is 4.72 Å². The van der Waals surface area contributed by atoms with Crippen LogP contribution in [0.5, 0.6) is 0 Å². The van der Waals surface area contributed by atoms with Gasteiger partial charge in [0.2, 0.25) is 10.0 Å². The van der Waals surface area contributed by atoms with E-state index in [1.807, 2.05) is 6.07 Å². The fourth-order valence-corrected chi connectivity index (χ4v) is 3.62. The van der Waals surface area contributed by atoms with Gasteiger partial charge in [0, 0.05) is 25.4 Å². The highest BCUT2D eigenvalue weighted by Gasteiger charge is 2.21. The van der Waals surface area contributed by atoms with E-state index in [4.69, 9.17) is 4.74 Å². The highest BCUT2D eigenvalue weighted by molar-refractivity contribution is 7.89. The molecule has 1 fully saturated rings. The molecule has 1 aromatic rings. The van der Waals surface area contributed by atoms with E-state index in [2.05, 4.69) is 10.0 Å². The maximum atomic E-state index is 12.2. The van der Waals surface area contributed by atoms with Crippen LogP contribution < -0.4 is 10.0 Å². The highest BCUT2D eigenvalue weighted by Crippen LogP contribution is 2.25. The van der Waals surface area contributed by atoms with E-state index in [-0.39, 0.29) is 6.10 Å². The van der Waals surface area contributed by atoms with Crippen molar-refractivity contribution in [3.8, 4) is 0 Å². The molecule has 5 nitrogen and oxygen atoms in total. The molecule has 0 saturated carbocycles. The summed E-state index contributed by atoms with van der Waals surface area (Å²) in [5.41, 5.74) is 2.11. The van der Waals surface area contributed by atoms with Gasteiger partial charge in [0.05, 0.1) is 11.0 Å². The lowest BCUT2D eigenvalue weighted by Gasteiger charge is -2.12. The average molecular weight is 282 g/mol. The van der Waals surface area contributed by atoms with Crippen LogP contribution in [-0.2, 0) is 21.2 Å². The Morgan fingerprint density at radius 3 is 3.11 bits per heavy atom. The minimum absolute atomic E-state index is 0.0160. The quantitative estimate of drug-likeness (QED) is 0.868. The average Bonchev–Trinajstić information content (AvgIpc) is 3.06. The highest BCUT2D eigenvalue weighted by atomic mass is 32.2. The molecule has 0 bridgehead atoms. The van der Waals surface area contributed by atoms with E-state index in [1.165, 1.54) is 5.56 Å². The third kappa shape index (κ3) is 2.75. The van der Waals surface area contributed by atoms with Crippen molar-refractivity contribution >= 4 is 15.7 Å². The Morgan fingerprint density at radius 1 is 1.42 bits per heavy atom. The van der Waals surface area contributed by atoms with Crippen molar-refractivity contribution < 1.29 is 13.2 Å². The van der Waals surface area contributed by atoms with Gasteiger partial charge in [-0.1, -0.05) is 6.07 Å². The molecule has 1 aromatic carbocycles. The van der Waals surface area contributed by atoms with Crippen LogP contribution in [0.4, 0.5) is 5.69 Å². The summed E-state index contributed by atoms with van der Waals surface area (Å²) in [6.45, 7) is 1.96. The fraction of sp³-hybridized carbons (Fsp3) is 0.538. The number of rotatable bonds is 4. The Bertz CT molecular complexity index is 565. The zero-order chi connectivity index (χ0) is 13.3. The van der Waals surface area contributed by atoms with Gasteiger partial charge in [-0.3, -0.25) is 0 Å². The second kappa shape index (κ2) is 5.11. The van der Waals surface area contributed by atoms with Crippen molar-refractivity contribution in [2.24, 2.45) is 0 Å². The SMILES string of the molecule is O=S(=O)(NCC1CCCO1)c1ccc2c(c1)NCC2. The summed E-state index contributed by atoms with van der Waals surface area (Å²) in [6.07, 6.45) is 2.91. The molecule has 3 rings (SSSR count). The smallest absolute Gasteiger partial charge is 0.240 e. The number of sulfonamides is 1. The van der Waals surface area contributed by atoms with Crippen molar-refractivity contribution in [2.45, 2.75) is 30.3 Å². The topological polar surface area (TPSA) is 67.4 Å². The minimum Gasteiger partial charge on any atom is -0.384 e. The molecule has 2 aliphatic rings. The van der Waals surface area contributed by atoms with Gasteiger partial charge in [-0.05, 0) is 37.0 Å². The largest absolute Gasteiger partial charge is 0.384 e. The molecule has 0 aromatic heterocycles. The van der Waals surface area contributed by atoms with Crippen LogP contribution in [0.15, 0.2) is 23.1 Å². The first kappa shape index (κ1) is 12.9. The standard InChI is InChI=1S/C13H18N2O3S/c16-19(17,15-9-11-2-1-7-18-11)12-4-3-10-5-6-14-13(10)8-12/h3-4,8,11,14-15H,1-2,5-7,9H2. The van der Waals surface area contributed by atoms with Gasteiger partial charge >= 0.3 is 0 Å². The van der Waals surface area contributed by atoms with E-state index in [0.717, 1.165) is 38.1 Å². The number of benzene rings is 1. The van der Waals surface area contributed by atoms with Crippen LogP contribution in [-0.4, -0.2) is 34.2 Å². The molecule has 2 heterocycles. The first-order valence-corrected chi connectivity index (χ1v) is 8.11. The number of fused-ring (bicyclic) bond motifs is 1. The maximum Gasteiger partial charge on any atom is 0.240 e. The van der Waals surface area contributed by atoms with Crippen LogP contribution >= 0.6 is 0 Å². The lowest BCUT2D eigenvalue weighted by molar-refractivity contribution is 0.114. The molecule has 0 aliphatic carbocycles. The summed E-state index contributed by atoms with van der Waals surface area (Å²) in [7, 11) is -3.44. The molecule has 2 N–H and O–H groups in total. The van der Waals surface area contributed by atoms with Gasteiger partial charge in [0.1, 0.15) is 0 Å². The number of anilines is 1. The van der Waals surface area contributed by atoms with Crippen molar-refractivity contribution in [2.75, 3.05) is 25.0 Å². The Kier molecular flexibility index (Phi) is 3.47. The molecule has 2 aliphatic heterocycles. The van der Waals surface area contributed by atoms with Gasteiger partial charge in [-0.25, -0.2) is 13.1 Å². The molecule has 6 heteroatoms. The molecular weight excluding hydrogens is 264 g/mol. The summed E-state index contributed by atoms with van der Waals surface area (Å²) < 4.78 is 32.4. The predicted octanol–water partition coefficient (Wildman–Crippen LogP) is 1.11. The maximum absolute atomic E-state index is 12.2. The number of hydrogen-bond donors (Lipinski definition) is 2. The van der Waals surface area contributed by atoms with E-state index >= 15 is 0 Å². The van der Waals surface area contributed by atoms with Gasteiger partial charge < -0.3 is 10.1 Å². The number of ether oxygens (including phenoxy) is 1. The van der Waals surface area contributed by atoms with E-state index in [9.17, 15) is 8.42 Å². The Balaban J connectivity index is 1.72. The zero-order valence-electron chi connectivity index (χ0n) is 10.7. The molecule has 19 heavy (non-hydrogen) atoms. The lowest BCUT2D eigenvalue weighted by Crippen LogP contribution is -2.31. The summed E-state index contributed by atoms with van der Waals surface area (Å²) >= 11 is 0. The normalized spacial score (nSPS) is 22.2. The van der Waals surface area contributed by atoms with Crippen LogP contribution in [0.25, 0.3) is 0 Å². The second-order valence-corrected chi connectivity index (χ2v) is 6.75. The summed E-state index contributed by atoms with van der Waals surface area (Å²) in [5.74, 6) is 0. The minimum atomic E-state index is -3.44. The van der Waals surface area contributed by atoms with E-state index < -0.39 is 10.0 Å². The van der Waals surface area contributed by atoms with E-state index in [1.54, 1.807) is 12.1 Å². The molecule has 0 spiro atoms. The van der Waals surface area contributed by atoms with Crippen LogP contribution in [0.2, 0.25) is 0 Å². The summed E-state index contributed by atoms with van der Waals surface area (Å²) in [4.78, 5) is 0.318.